The number of carbonyl (C=O) groups is 2. The van der Waals surface area contributed by atoms with Gasteiger partial charge in [-0.2, -0.15) is 0 Å². The Morgan fingerprint density at radius 1 is 1.11 bits per heavy atom. The standard InChI is InChI=1S/C18H18N2O7S/c1-11-4-6-14(8-12(11)2)19-17(21)10-27-18(22)13-5-7-16(28(3,25)26)15(9-13)20(23)24/h4-9H,10H2,1-3H3,(H,19,21). The highest BCUT2D eigenvalue weighted by Crippen LogP contribution is 2.25. The van der Waals surface area contributed by atoms with E-state index in [9.17, 15) is 28.1 Å². The van der Waals surface area contributed by atoms with Crippen LogP contribution in [0.15, 0.2) is 41.3 Å². The molecule has 10 heteroatoms. The number of esters is 1. The maximum atomic E-state index is 12.1. The number of hydrogen-bond donors (Lipinski definition) is 1. The summed E-state index contributed by atoms with van der Waals surface area (Å²) in [5.41, 5.74) is 1.60. The average Bonchev–Trinajstić information content (AvgIpc) is 2.61. The lowest BCUT2D eigenvalue weighted by Crippen LogP contribution is -2.21. The Morgan fingerprint density at radius 2 is 1.79 bits per heavy atom. The van der Waals surface area contributed by atoms with Crippen molar-refractivity contribution >= 4 is 33.1 Å². The Morgan fingerprint density at radius 3 is 2.36 bits per heavy atom. The molecule has 9 nitrogen and oxygen atoms in total. The molecule has 0 saturated carbocycles. The van der Waals surface area contributed by atoms with Crippen LogP contribution in [0.3, 0.4) is 0 Å². The van der Waals surface area contributed by atoms with Gasteiger partial charge in [0.2, 0.25) is 0 Å². The number of anilines is 1. The first-order valence-electron chi connectivity index (χ1n) is 8.02. The summed E-state index contributed by atoms with van der Waals surface area (Å²) in [5, 5.41) is 13.7. The fourth-order valence-corrected chi connectivity index (χ4v) is 3.16. The quantitative estimate of drug-likeness (QED) is 0.442. The lowest BCUT2D eigenvalue weighted by atomic mass is 10.1. The van der Waals surface area contributed by atoms with Crippen molar-refractivity contribution in [1.82, 2.24) is 0 Å². The van der Waals surface area contributed by atoms with Gasteiger partial charge >= 0.3 is 5.97 Å². The van der Waals surface area contributed by atoms with Gasteiger partial charge in [-0.15, -0.1) is 0 Å². The van der Waals surface area contributed by atoms with E-state index in [1.165, 1.54) is 0 Å². The Balaban J connectivity index is 2.08. The van der Waals surface area contributed by atoms with Crippen molar-refractivity contribution in [1.29, 1.82) is 0 Å². The van der Waals surface area contributed by atoms with Crippen LogP contribution in [0, 0.1) is 24.0 Å². The molecule has 1 N–H and O–H groups in total. The molecule has 2 aromatic carbocycles. The number of carbonyl (C=O) groups excluding carboxylic acids is 2. The Bertz CT molecular complexity index is 1060. The van der Waals surface area contributed by atoms with Crippen LogP contribution in [0.25, 0.3) is 0 Å². The van der Waals surface area contributed by atoms with Crippen molar-refractivity contribution in [2.45, 2.75) is 18.7 Å². The minimum Gasteiger partial charge on any atom is -0.452 e. The van der Waals surface area contributed by atoms with E-state index < -0.39 is 43.8 Å². The van der Waals surface area contributed by atoms with Crippen molar-refractivity contribution in [3.8, 4) is 0 Å². The molecular formula is C18H18N2O7S. The number of amides is 1. The van der Waals surface area contributed by atoms with Gasteiger partial charge in [0.15, 0.2) is 16.4 Å². The molecule has 0 aromatic heterocycles. The van der Waals surface area contributed by atoms with Gasteiger partial charge < -0.3 is 10.1 Å². The molecule has 2 aromatic rings. The number of nitrogens with zero attached hydrogens (tertiary/aromatic N) is 1. The largest absolute Gasteiger partial charge is 0.452 e. The van der Waals surface area contributed by atoms with Crippen LogP contribution in [0.2, 0.25) is 0 Å². The van der Waals surface area contributed by atoms with E-state index in [2.05, 4.69) is 5.32 Å². The van der Waals surface area contributed by atoms with Crippen LogP contribution >= 0.6 is 0 Å². The zero-order valence-corrected chi connectivity index (χ0v) is 16.2. The van der Waals surface area contributed by atoms with E-state index in [0.717, 1.165) is 35.6 Å². The van der Waals surface area contributed by atoms with E-state index in [1.807, 2.05) is 19.9 Å². The monoisotopic (exact) mass is 406 g/mol. The maximum Gasteiger partial charge on any atom is 0.338 e. The first-order valence-corrected chi connectivity index (χ1v) is 9.91. The molecule has 0 aliphatic carbocycles. The smallest absolute Gasteiger partial charge is 0.338 e. The normalized spacial score (nSPS) is 11.0. The van der Waals surface area contributed by atoms with E-state index in [1.54, 1.807) is 12.1 Å². The SMILES string of the molecule is Cc1ccc(NC(=O)COC(=O)c2ccc(S(C)(=O)=O)c([N+](=O)[O-])c2)cc1C. The second kappa shape index (κ2) is 8.17. The van der Waals surface area contributed by atoms with Gasteiger partial charge in [0.1, 0.15) is 4.90 Å². The highest BCUT2D eigenvalue weighted by molar-refractivity contribution is 7.90. The number of nitrogens with one attached hydrogen (secondary N) is 1. The molecule has 148 valence electrons. The van der Waals surface area contributed by atoms with Gasteiger partial charge in [0.05, 0.1) is 10.5 Å². The minimum absolute atomic E-state index is 0.238. The van der Waals surface area contributed by atoms with E-state index in [0.29, 0.717) is 5.69 Å². The molecule has 0 saturated heterocycles. The Kier molecular flexibility index (Phi) is 6.14. The summed E-state index contributed by atoms with van der Waals surface area (Å²) in [6.45, 7) is 3.21. The molecule has 28 heavy (non-hydrogen) atoms. The van der Waals surface area contributed by atoms with E-state index >= 15 is 0 Å². The molecule has 1 amide bonds. The fraction of sp³-hybridized carbons (Fsp3) is 0.222. The zero-order valence-electron chi connectivity index (χ0n) is 15.4. The summed E-state index contributed by atoms with van der Waals surface area (Å²) in [4.78, 5) is 33.7. The van der Waals surface area contributed by atoms with Crippen molar-refractivity contribution in [3.63, 3.8) is 0 Å². The summed E-state index contributed by atoms with van der Waals surface area (Å²) >= 11 is 0. The Hall–Kier alpha value is -3.27. The maximum absolute atomic E-state index is 12.1. The highest BCUT2D eigenvalue weighted by Gasteiger charge is 2.24. The summed E-state index contributed by atoms with van der Waals surface area (Å²) in [7, 11) is -3.85. The van der Waals surface area contributed by atoms with Crippen LogP contribution in [-0.2, 0) is 19.4 Å². The van der Waals surface area contributed by atoms with Gasteiger partial charge in [-0.3, -0.25) is 14.9 Å². The summed E-state index contributed by atoms with van der Waals surface area (Å²) < 4.78 is 28.1. The minimum atomic E-state index is -3.85. The first-order chi connectivity index (χ1) is 13.0. The predicted molar refractivity (Wildman–Crippen MR) is 101 cm³/mol. The predicted octanol–water partition coefficient (Wildman–Crippen LogP) is 2.41. The van der Waals surface area contributed by atoms with Gasteiger partial charge in [-0.05, 0) is 49.2 Å². The van der Waals surface area contributed by atoms with Crippen LogP contribution in [-0.4, -0.2) is 38.1 Å². The third-order valence-electron chi connectivity index (χ3n) is 3.92. The number of rotatable bonds is 6. The van der Waals surface area contributed by atoms with Gasteiger partial charge in [0, 0.05) is 18.0 Å². The van der Waals surface area contributed by atoms with Gasteiger partial charge in [-0.1, -0.05) is 6.07 Å². The molecule has 0 fully saturated rings. The van der Waals surface area contributed by atoms with Crippen molar-refractivity contribution in [2.24, 2.45) is 0 Å². The molecule has 0 atom stereocenters. The number of benzene rings is 2. The lowest BCUT2D eigenvalue weighted by Gasteiger charge is -2.09. The number of nitro groups is 1. The molecular weight excluding hydrogens is 388 g/mol. The molecule has 0 heterocycles. The summed E-state index contributed by atoms with van der Waals surface area (Å²) in [6, 6.07) is 8.16. The lowest BCUT2D eigenvalue weighted by molar-refractivity contribution is -0.387. The van der Waals surface area contributed by atoms with Crippen LogP contribution in [0.1, 0.15) is 21.5 Å². The zero-order chi connectivity index (χ0) is 21.1. The van der Waals surface area contributed by atoms with Crippen LogP contribution < -0.4 is 5.32 Å². The second-order valence-electron chi connectivity index (χ2n) is 6.14. The number of hydrogen-bond acceptors (Lipinski definition) is 7. The molecule has 2 rings (SSSR count). The molecule has 0 radical (unpaired) electrons. The number of ether oxygens (including phenoxy) is 1. The molecule has 0 aliphatic rings. The van der Waals surface area contributed by atoms with Crippen LogP contribution in [0.5, 0.6) is 0 Å². The molecule has 0 bridgehead atoms. The highest BCUT2D eigenvalue weighted by atomic mass is 32.2. The summed E-state index contributed by atoms with van der Waals surface area (Å²) in [5.74, 6) is -1.57. The van der Waals surface area contributed by atoms with Gasteiger partial charge in [-0.25, -0.2) is 13.2 Å². The third kappa shape index (κ3) is 5.13. The van der Waals surface area contributed by atoms with Crippen molar-refractivity contribution in [2.75, 3.05) is 18.2 Å². The van der Waals surface area contributed by atoms with E-state index in [4.69, 9.17) is 4.74 Å². The third-order valence-corrected chi connectivity index (χ3v) is 5.06. The van der Waals surface area contributed by atoms with Crippen LogP contribution in [0.4, 0.5) is 11.4 Å². The second-order valence-corrected chi connectivity index (χ2v) is 8.12. The number of nitro benzene ring substituents is 1. The fourth-order valence-electron chi connectivity index (χ4n) is 2.33. The first kappa shape index (κ1) is 21.0. The average molecular weight is 406 g/mol. The summed E-state index contributed by atoms with van der Waals surface area (Å²) in [6.07, 6.45) is 0.824. The number of sulfone groups is 1. The topological polar surface area (TPSA) is 133 Å². The molecule has 0 unspecified atom stereocenters. The van der Waals surface area contributed by atoms with Crippen molar-refractivity contribution in [3.05, 3.63) is 63.2 Å². The molecule has 0 aliphatic heterocycles. The number of aryl methyl sites for hydroxylation is 2. The Labute approximate surface area is 161 Å². The van der Waals surface area contributed by atoms with E-state index in [-0.39, 0.29) is 5.56 Å². The van der Waals surface area contributed by atoms with Crippen molar-refractivity contribution < 1.29 is 27.7 Å². The van der Waals surface area contributed by atoms with Gasteiger partial charge in [0.25, 0.3) is 11.6 Å². The molecule has 0 spiro atoms.